The number of hydrogen-bond donors (Lipinski definition) is 3. The molecule has 0 spiro atoms. The van der Waals surface area contributed by atoms with Gasteiger partial charge in [0.05, 0.1) is 0 Å². The highest BCUT2D eigenvalue weighted by Crippen LogP contribution is 2.18. The lowest BCUT2D eigenvalue weighted by Gasteiger charge is -2.05. The van der Waals surface area contributed by atoms with E-state index < -0.39 is 10.0 Å². The molecule has 6 nitrogen and oxygen atoms in total. The van der Waals surface area contributed by atoms with Gasteiger partial charge in [0.2, 0.25) is 5.96 Å². The van der Waals surface area contributed by atoms with Gasteiger partial charge in [-0.1, -0.05) is 24.3 Å². The van der Waals surface area contributed by atoms with E-state index in [9.17, 15) is 8.42 Å². The van der Waals surface area contributed by atoms with Crippen LogP contribution in [0.15, 0.2) is 57.2 Å². The minimum absolute atomic E-state index is 0.0989. The molecule has 0 aliphatic rings. The van der Waals surface area contributed by atoms with Crippen LogP contribution in [0.25, 0.3) is 10.9 Å². The number of aromatic nitrogens is 1. The van der Waals surface area contributed by atoms with Crippen LogP contribution in [0.3, 0.4) is 0 Å². The van der Waals surface area contributed by atoms with Crippen molar-refractivity contribution >= 4 is 38.2 Å². The molecule has 4 N–H and O–H groups in total. The van der Waals surface area contributed by atoms with Crippen molar-refractivity contribution in [1.29, 1.82) is 0 Å². The lowest BCUT2D eigenvalue weighted by molar-refractivity contribution is 0.594. The van der Waals surface area contributed by atoms with Gasteiger partial charge in [-0.15, -0.1) is 11.3 Å². The first kappa shape index (κ1) is 15.6. The highest BCUT2D eigenvalue weighted by atomic mass is 32.2. The molecule has 120 valence electrons. The van der Waals surface area contributed by atoms with Gasteiger partial charge in [0.15, 0.2) is 0 Å². The zero-order valence-electron chi connectivity index (χ0n) is 12.2. The molecule has 0 aliphatic carbocycles. The van der Waals surface area contributed by atoms with Crippen LogP contribution >= 0.6 is 11.3 Å². The molecule has 0 bridgehead atoms. The minimum atomic E-state index is -3.63. The first-order valence-electron chi connectivity index (χ1n) is 6.97. The quantitative estimate of drug-likeness (QED) is 0.486. The molecule has 23 heavy (non-hydrogen) atoms. The molecule has 1 aromatic carbocycles. The Morgan fingerprint density at radius 1 is 1.26 bits per heavy atom. The van der Waals surface area contributed by atoms with Gasteiger partial charge in [-0.2, -0.15) is 0 Å². The summed E-state index contributed by atoms with van der Waals surface area (Å²) < 4.78 is 26.5. The van der Waals surface area contributed by atoms with Crippen LogP contribution < -0.4 is 10.5 Å². The van der Waals surface area contributed by atoms with Gasteiger partial charge in [0, 0.05) is 23.6 Å². The van der Waals surface area contributed by atoms with E-state index >= 15 is 0 Å². The lowest BCUT2D eigenvalue weighted by atomic mass is 10.1. The molecular formula is C15H16N4O2S2. The van der Waals surface area contributed by atoms with Gasteiger partial charge in [0.1, 0.15) is 4.21 Å². The van der Waals surface area contributed by atoms with E-state index in [-0.39, 0.29) is 10.2 Å². The summed E-state index contributed by atoms with van der Waals surface area (Å²) in [6, 6.07) is 11.2. The summed E-state index contributed by atoms with van der Waals surface area (Å²) in [7, 11) is -3.63. The van der Waals surface area contributed by atoms with Crippen LogP contribution in [0.2, 0.25) is 0 Å². The largest absolute Gasteiger partial charge is 0.369 e. The number of H-pyrrole nitrogens is 1. The SMILES string of the molecule is NC(=NCCc1c[nH]c2ccccc12)NS(=O)(=O)c1cccs1. The molecule has 0 atom stereocenters. The van der Waals surface area contributed by atoms with Gasteiger partial charge < -0.3 is 10.7 Å². The van der Waals surface area contributed by atoms with Gasteiger partial charge >= 0.3 is 0 Å². The maximum atomic E-state index is 12.0. The highest BCUT2D eigenvalue weighted by molar-refractivity contribution is 7.92. The molecule has 3 aromatic rings. The third-order valence-corrected chi connectivity index (χ3v) is 6.09. The van der Waals surface area contributed by atoms with Crippen LogP contribution in [0.5, 0.6) is 0 Å². The molecule has 2 aromatic heterocycles. The first-order chi connectivity index (χ1) is 11.1. The summed E-state index contributed by atoms with van der Waals surface area (Å²) in [4.78, 5) is 7.29. The summed E-state index contributed by atoms with van der Waals surface area (Å²) in [5, 5.41) is 2.83. The van der Waals surface area contributed by atoms with Crippen molar-refractivity contribution in [3.05, 3.63) is 53.5 Å². The molecule has 0 amide bonds. The van der Waals surface area contributed by atoms with Crippen molar-refractivity contribution in [3.63, 3.8) is 0 Å². The third kappa shape index (κ3) is 3.54. The Kier molecular flexibility index (Phi) is 4.35. The molecule has 0 saturated heterocycles. The molecule has 0 aliphatic heterocycles. The van der Waals surface area contributed by atoms with Crippen LogP contribution in [-0.4, -0.2) is 25.9 Å². The Morgan fingerprint density at radius 3 is 2.87 bits per heavy atom. The predicted molar refractivity (Wildman–Crippen MR) is 93.1 cm³/mol. The summed E-state index contributed by atoms with van der Waals surface area (Å²) in [5.41, 5.74) is 7.87. The van der Waals surface area contributed by atoms with E-state index in [1.165, 1.54) is 6.07 Å². The number of para-hydroxylation sites is 1. The van der Waals surface area contributed by atoms with E-state index in [0.29, 0.717) is 13.0 Å². The van der Waals surface area contributed by atoms with Gasteiger partial charge in [0.25, 0.3) is 10.0 Å². The lowest BCUT2D eigenvalue weighted by Crippen LogP contribution is -2.36. The van der Waals surface area contributed by atoms with Gasteiger partial charge in [-0.05, 0) is 29.5 Å². The molecule has 3 rings (SSSR count). The number of aromatic amines is 1. The van der Waals surface area contributed by atoms with Gasteiger partial charge in [-0.25, -0.2) is 13.1 Å². The standard InChI is InChI=1S/C15H16N4O2S2/c16-15(19-23(20,21)14-6-3-9-22-14)17-8-7-11-10-18-13-5-2-1-4-12(11)13/h1-6,9-10,18H,7-8H2,(H3,16,17,19). The van der Waals surface area contributed by atoms with Crippen molar-refractivity contribution in [1.82, 2.24) is 9.71 Å². The van der Waals surface area contributed by atoms with Gasteiger partial charge in [-0.3, -0.25) is 4.99 Å². The maximum Gasteiger partial charge on any atom is 0.273 e. The molecule has 2 heterocycles. The van der Waals surface area contributed by atoms with E-state index in [0.717, 1.165) is 27.8 Å². The predicted octanol–water partition coefficient (Wildman–Crippen LogP) is 2.07. The Hall–Kier alpha value is -2.32. The fraction of sp³-hybridized carbons (Fsp3) is 0.133. The van der Waals surface area contributed by atoms with Crippen molar-refractivity contribution in [2.24, 2.45) is 10.7 Å². The second-order valence-corrected chi connectivity index (χ2v) is 7.77. The second-order valence-electron chi connectivity index (χ2n) is 4.91. The number of aliphatic imine (C=N–C) groups is 1. The van der Waals surface area contributed by atoms with Crippen molar-refractivity contribution in [2.45, 2.75) is 10.6 Å². The molecule has 0 unspecified atom stereocenters. The molecule has 0 saturated carbocycles. The highest BCUT2D eigenvalue weighted by Gasteiger charge is 2.15. The smallest absolute Gasteiger partial charge is 0.273 e. The van der Waals surface area contributed by atoms with Crippen LogP contribution in [-0.2, 0) is 16.4 Å². The van der Waals surface area contributed by atoms with Crippen molar-refractivity contribution in [2.75, 3.05) is 6.54 Å². The number of nitrogens with zero attached hydrogens (tertiary/aromatic N) is 1. The zero-order valence-corrected chi connectivity index (χ0v) is 13.8. The number of rotatable bonds is 5. The Morgan fingerprint density at radius 2 is 2.09 bits per heavy atom. The average molecular weight is 348 g/mol. The van der Waals surface area contributed by atoms with Crippen molar-refractivity contribution in [3.8, 4) is 0 Å². The number of hydrogen-bond acceptors (Lipinski definition) is 4. The number of nitrogens with one attached hydrogen (secondary N) is 2. The van der Waals surface area contributed by atoms with E-state index in [4.69, 9.17) is 5.73 Å². The van der Waals surface area contributed by atoms with Crippen molar-refractivity contribution < 1.29 is 8.42 Å². The van der Waals surface area contributed by atoms with Crippen LogP contribution in [0, 0.1) is 0 Å². The molecular weight excluding hydrogens is 332 g/mol. The minimum Gasteiger partial charge on any atom is -0.369 e. The fourth-order valence-electron chi connectivity index (χ4n) is 2.27. The summed E-state index contributed by atoms with van der Waals surface area (Å²) in [5.74, 6) is -0.0989. The number of fused-ring (bicyclic) bond motifs is 1. The number of sulfonamides is 1. The third-order valence-electron chi connectivity index (χ3n) is 3.34. The average Bonchev–Trinajstić information content (AvgIpc) is 3.17. The first-order valence-corrected chi connectivity index (χ1v) is 9.34. The fourth-order valence-corrected chi connectivity index (χ4v) is 4.22. The number of thiophene rings is 1. The summed E-state index contributed by atoms with van der Waals surface area (Å²) in [6.45, 7) is 0.403. The topological polar surface area (TPSA) is 100 Å². The Balaban J connectivity index is 1.64. The van der Waals surface area contributed by atoms with Crippen LogP contribution in [0.1, 0.15) is 5.56 Å². The molecule has 0 fully saturated rings. The van der Waals surface area contributed by atoms with Crippen LogP contribution in [0.4, 0.5) is 0 Å². The Labute approximate surface area is 138 Å². The second kappa shape index (κ2) is 6.43. The van der Waals surface area contributed by atoms with E-state index in [1.807, 2.05) is 30.5 Å². The normalized spacial score (nSPS) is 12.6. The number of nitrogens with two attached hydrogens (primary N) is 1. The molecule has 8 heteroatoms. The monoisotopic (exact) mass is 348 g/mol. The van der Waals surface area contributed by atoms with E-state index in [1.54, 1.807) is 11.4 Å². The zero-order chi connectivity index (χ0) is 16.3. The molecule has 0 radical (unpaired) electrons. The summed E-state index contributed by atoms with van der Waals surface area (Å²) >= 11 is 1.13. The maximum absolute atomic E-state index is 12.0. The number of guanidine groups is 1. The summed E-state index contributed by atoms with van der Waals surface area (Å²) in [6.07, 6.45) is 2.61. The Bertz CT molecular complexity index is 927. The van der Waals surface area contributed by atoms with E-state index in [2.05, 4.69) is 14.7 Å². The number of benzene rings is 1.